The number of hydrogen-bond acceptors (Lipinski definition) is 3. The second-order valence-electron chi connectivity index (χ2n) is 4.75. The largest absolute Gasteiger partial charge is 0.399 e. The number of likely N-dealkylation sites (N-methyl/N-ethyl adjacent to an activating group) is 1. The minimum absolute atomic E-state index is 0.0755. The standard InChI is InChI=1S/C14H20FN3O2/c1-4-7-18(9-13(19)17(2)3)14(20)11-8-10(16)5-6-12(11)15/h5-6,8H,4,7,9,16H2,1-3H3. The van der Waals surface area contributed by atoms with Crippen LogP contribution >= 0.6 is 0 Å². The molecule has 1 rings (SSSR count). The SMILES string of the molecule is CCCN(CC(=O)N(C)C)C(=O)c1cc(N)ccc1F. The van der Waals surface area contributed by atoms with Crippen LogP contribution in [-0.2, 0) is 4.79 Å². The van der Waals surface area contributed by atoms with Crippen molar-refractivity contribution in [2.75, 3.05) is 32.9 Å². The summed E-state index contributed by atoms with van der Waals surface area (Å²) in [6.07, 6.45) is 0.677. The van der Waals surface area contributed by atoms with E-state index in [4.69, 9.17) is 5.73 Å². The molecule has 0 aliphatic heterocycles. The summed E-state index contributed by atoms with van der Waals surface area (Å²) in [5, 5.41) is 0. The van der Waals surface area contributed by atoms with E-state index < -0.39 is 11.7 Å². The number of anilines is 1. The van der Waals surface area contributed by atoms with Crippen molar-refractivity contribution in [2.45, 2.75) is 13.3 Å². The number of hydrogen-bond donors (Lipinski definition) is 1. The van der Waals surface area contributed by atoms with Gasteiger partial charge in [0.25, 0.3) is 5.91 Å². The minimum atomic E-state index is -0.636. The average Bonchev–Trinajstić information content (AvgIpc) is 2.40. The van der Waals surface area contributed by atoms with Gasteiger partial charge in [-0.1, -0.05) is 6.92 Å². The first-order valence-corrected chi connectivity index (χ1v) is 6.41. The molecule has 1 aromatic carbocycles. The summed E-state index contributed by atoms with van der Waals surface area (Å²) in [7, 11) is 3.22. The second-order valence-corrected chi connectivity index (χ2v) is 4.75. The Bertz CT molecular complexity index is 503. The Kier molecular flexibility index (Phi) is 5.49. The lowest BCUT2D eigenvalue weighted by Crippen LogP contribution is -2.41. The zero-order valence-corrected chi connectivity index (χ0v) is 12.0. The molecule has 0 bridgehead atoms. The molecule has 5 nitrogen and oxygen atoms in total. The van der Waals surface area contributed by atoms with Gasteiger partial charge >= 0.3 is 0 Å². The van der Waals surface area contributed by atoms with Gasteiger partial charge in [0.15, 0.2) is 0 Å². The van der Waals surface area contributed by atoms with Gasteiger partial charge in [-0.2, -0.15) is 0 Å². The van der Waals surface area contributed by atoms with Crippen molar-refractivity contribution in [1.82, 2.24) is 9.80 Å². The third kappa shape index (κ3) is 3.94. The molecule has 2 N–H and O–H groups in total. The Balaban J connectivity index is 2.99. The third-order valence-electron chi connectivity index (χ3n) is 2.83. The molecule has 0 saturated heterocycles. The van der Waals surface area contributed by atoms with Gasteiger partial charge in [-0.05, 0) is 24.6 Å². The molecule has 6 heteroatoms. The van der Waals surface area contributed by atoms with Gasteiger partial charge in [0.1, 0.15) is 12.4 Å². The Morgan fingerprint density at radius 3 is 2.50 bits per heavy atom. The first kappa shape index (κ1) is 15.9. The predicted octanol–water partition coefficient (Wildman–Crippen LogP) is 1.35. The van der Waals surface area contributed by atoms with E-state index in [9.17, 15) is 14.0 Å². The maximum Gasteiger partial charge on any atom is 0.257 e. The average molecular weight is 281 g/mol. The fourth-order valence-corrected chi connectivity index (χ4v) is 1.70. The minimum Gasteiger partial charge on any atom is -0.399 e. The Morgan fingerprint density at radius 1 is 1.30 bits per heavy atom. The maximum absolute atomic E-state index is 13.7. The van der Waals surface area contributed by atoms with Crippen molar-refractivity contribution in [1.29, 1.82) is 0 Å². The summed E-state index contributed by atoms with van der Waals surface area (Å²) >= 11 is 0. The Hall–Kier alpha value is -2.11. The van der Waals surface area contributed by atoms with E-state index in [1.165, 1.54) is 21.9 Å². The van der Waals surface area contributed by atoms with Crippen LogP contribution in [0.5, 0.6) is 0 Å². The van der Waals surface area contributed by atoms with Crippen molar-refractivity contribution in [3.8, 4) is 0 Å². The molecule has 1 aromatic rings. The molecule has 2 amide bonds. The van der Waals surface area contributed by atoms with E-state index >= 15 is 0 Å². The number of nitrogen functional groups attached to an aromatic ring is 1. The number of nitrogens with zero attached hydrogens (tertiary/aromatic N) is 2. The summed E-state index contributed by atoms with van der Waals surface area (Å²) in [6.45, 7) is 2.19. The van der Waals surface area contributed by atoms with Crippen LogP contribution in [0.25, 0.3) is 0 Å². The highest BCUT2D eigenvalue weighted by atomic mass is 19.1. The molecule has 0 heterocycles. The van der Waals surface area contributed by atoms with Crippen LogP contribution in [0.15, 0.2) is 18.2 Å². The van der Waals surface area contributed by atoms with Crippen molar-refractivity contribution in [3.63, 3.8) is 0 Å². The lowest BCUT2D eigenvalue weighted by molar-refractivity contribution is -0.129. The van der Waals surface area contributed by atoms with E-state index in [1.807, 2.05) is 6.92 Å². The third-order valence-corrected chi connectivity index (χ3v) is 2.83. The highest BCUT2D eigenvalue weighted by Crippen LogP contribution is 2.15. The molecule has 0 atom stereocenters. The number of amides is 2. The van der Waals surface area contributed by atoms with E-state index in [2.05, 4.69) is 0 Å². The quantitative estimate of drug-likeness (QED) is 0.828. The highest BCUT2D eigenvalue weighted by Gasteiger charge is 2.21. The monoisotopic (exact) mass is 281 g/mol. The van der Waals surface area contributed by atoms with Crippen LogP contribution in [-0.4, -0.2) is 48.8 Å². The molecule has 0 fully saturated rings. The molecular weight excluding hydrogens is 261 g/mol. The van der Waals surface area contributed by atoms with E-state index in [1.54, 1.807) is 14.1 Å². The van der Waals surface area contributed by atoms with Crippen molar-refractivity contribution >= 4 is 17.5 Å². The zero-order chi connectivity index (χ0) is 15.3. The number of carbonyl (C=O) groups excluding carboxylic acids is 2. The number of benzene rings is 1. The molecule has 0 aromatic heterocycles. The summed E-state index contributed by atoms with van der Waals surface area (Å²) in [5.41, 5.74) is 5.78. The van der Waals surface area contributed by atoms with E-state index in [-0.39, 0.29) is 18.0 Å². The Morgan fingerprint density at radius 2 is 1.95 bits per heavy atom. The zero-order valence-electron chi connectivity index (χ0n) is 12.0. The van der Waals surface area contributed by atoms with Crippen molar-refractivity contribution in [3.05, 3.63) is 29.6 Å². The highest BCUT2D eigenvalue weighted by molar-refractivity contribution is 5.97. The normalized spacial score (nSPS) is 10.2. The molecule has 0 aliphatic rings. The van der Waals surface area contributed by atoms with E-state index in [0.717, 1.165) is 6.07 Å². The lowest BCUT2D eigenvalue weighted by atomic mass is 10.1. The van der Waals surface area contributed by atoms with Gasteiger partial charge in [-0.15, -0.1) is 0 Å². The predicted molar refractivity (Wildman–Crippen MR) is 75.7 cm³/mol. The summed E-state index contributed by atoms with van der Waals surface area (Å²) < 4.78 is 13.7. The number of halogens is 1. The molecule has 0 radical (unpaired) electrons. The number of carbonyl (C=O) groups is 2. The van der Waals surface area contributed by atoms with Crippen LogP contribution in [0.4, 0.5) is 10.1 Å². The summed E-state index contributed by atoms with van der Waals surface area (Å²) in [5.74, 6) is -1.37. The van der Waals surface area contributed by atoms with Gasteiger partial charge in [-0.25, -0.2) is 4.39 Å². The maximum atomic E-state index is 13.7. The molecular formula is C14H20FN3O2. The Labute approximate surface area is 118 Å². The van der Waals surface area contributed by atoms with Gasteiger partial charge in [0.2, 0.25) is 5.91 Å². The smallest absolute Gasteiger partial charge is 0.257 e. The fraction of sp³-hybridized carbons (Fsp3) is 0.429. The van der Waals surface area contributed by atoms with Crippen LogP contribution in [0, 0.1) is 5.82 Å². The van der Waals surface area contributed by atoms with Gasteiger partial charge in [-0.3, -0.25) is 9.59 Å². The molecule has 20 heavy (non-hydrogen) atoms. The van der Waals surface area contributed by atoms with Gasteiger partial charge < -0.3 is 15.5 Å². The molecule has 0 aliphatic carbocycles. The van der Waals surface area contributed by atoms with Crippen molar-refractivity contribution in [2.24, 2.45) is 0 Å². The summed E-state index contributed by atoms with van der Waals surface area (Å²) in [6, 6.07) is 3.84. The molecule has 0 unspecified atom stereocenters. The van der Waals surface area contributed by atoms with Gasteiger partial charge in [0, 0.05) is 26.3 Å². The molecule has 0 spiro atoms. The number of rotatable bonds is 5. The first-order chi connectivity index (χ1) is 9.36. The fourth-order valence-electron chi connectivity index (χ4n) is 1.70. The molecule has 110 valence electrons. The first-order valence-electron chi connectivity index (χ1n) is 6.41. The van der Waals surface area contributed by atoms with Crippen LogP contribution in [0.3, 0.4) is 0 Å². The van der Waals surface area contributed by atoms with Crippen LogP contribution in [0.2, 0.25) is 0 Å². The molecule has 0 saturated carbocycles. The topological polar surface area (TPSA) is 66.6 Å². The second kappa shape index (κ2) is 6.88. The number of nitrogens with two attached hydrogens (primary N) is 1. The lowest BCUT2D eigenvalue weighted by Gasteiger charge is -2.23. The van der Waals surface area contributed by atoms with Crippen LogP contribution < -0.4 is 5.73 Å². The van der Waals surface area contributed by atoms with Gasteiger partial charge in [0.05, 0.1) is 5.56 Å². The van der Waals surface area contributed by atoms with E-state index in [0.29, 0.717) is 18.7 Å². The van der Waals surface area contributed by atoms with Crippen molar-refractivity contribution < 1.29 is 14.0 Å². The summed E-state index contributed by atoms with van der Waals surface area (Å²) in [4.78, 5) is 26.8. The van der Waals surface area contributed by atoms with Crippen LogP contribution in [0.1, 0.15) is 23.7 Å².